The number of fused-ring (bicyclic) bond motifs is 10. The molecular formula is C40H44N4O5S2. The van der Waals surface area contributed by atoms with Crippen molar-refractivity contribution in [2.45, 2.75) is 77.0 Å². The summed E-state index contributed by atoms with van der Waals surface area (Å²) < 4.78 is 11.2. The molecule has 0 radical (unpaired) electrons. The molecule has 2 aromatic heterocycles. The standard InChI is InChI=1S/C20H22N2O3S.C20H22N2O2S/c1-26(25)10-9-18(23)21-17-8-4-7-13-15(17)11-16-12-5-2-3-6-14(12)20(24)22-19(13)16;1-25-10-9-18(23)21-17-8-4-7-13-15(17)11-16-12-5-2-3-6-14(12)20(24)22-19(13)16/h4,7-8H,2-3,5-6,9-11H2,1H3,(H,21,23)(H,22,24);4,7-8H,2-3,5-6,9-11H2,1H3,(H,21,23)(H,22,24). The topological polar surface area (TPSA) is 141 Å². The van der Waals surface area contributed by atoms with Gasteiger partial charge in [0.25, 0.3) is 11.1 Å². The summed E-state index contributed by atoms with van der Waals surface area (Å²) in [6.45, 7) is 0. The van der Waals surface area contributed by atoms with Crippen LogP contribution in [0.15, 0.2) is 46.0 Å². The number of thioether (sulfide) groups is 1. The van der Waals surface area contributed by atoms with E-state index in [-0.39, 0.29) is 29.4 Å². The molecule has 2 aromatic carbocycles. The van der Waals surface area contributed by atoms with Gasteiger partial charge in [-0.25, -0.2) is 0 Å². The Morgan fingerprint density at radius 3 is 1.57 bits per heavy atom. The van der Waals surface area contributed by atoms with Gasteiger partial charge in [-0.3, -0.25) is 23.4 Å². The zero-order valence-electron chi connectivity index (χ0n) is 29.2. The fourth-order valence-corrected chi connectivity index (χ4v) is 8.99. The van der Waals surface area contributed by atoms with Crippen molar-refractivity contribution in [1.29, 1.82) is 0 Å². The number of carbonyl (C=O) groups excluding carboxylic acids is 2. The molecule has 51 heavy (non-hydrogen) atoms. The molecule has 4 aliphatic rings. The van der Waals surface area contributed by atoms with E-state index in [2.05, 4.69) is 20.6 Å². The van der Waals surface area contributed by atoms with Gasteiger partial charge < -0.3 is 20.6 Å². The molecule has 4 aliphatic carbocycles. The number of anilines is 2. The molecular weight excluding hydrogens is 681 g/mol. The second kappa shape index (κ2) is 15.2. The number of nitrogens with one attached hydrogen (secondary N) is 4. The fourth-order valence-electron chi connectivity index (χ4n) is 8.13. The molecule has 0 bridgehead atoms. The molecule has 4 aromatic rings. The highest BCUT2D eigenvalue weighted by Gasteiger charge is 2.30. The SMILES string of the molecule is CS(=O)CCC(=O)Nc1cccc2c1Cc1c-2[nH]c(=O)c2c1CCCC2.CSCCC(=O)Nc1cccc2c1Cc1c-2[nH]c(=O)c2c1CCCC2. The molecule has 4 N–H and O–H groups in total. The van der Waals surface area contributed by atoms with Crippen LogP contribution in [-0.2, 0) is 58.9 Å². The zero-order chi connectivity index (χ0) is 35.6. The smallest absolute Gasteiger partial charge is 0.251 e. The van der Waals surface area contributed by atoms with E-state index >= 15 is 0 Å². The Morgan fingerprint density at radius 2 is 1.12 bits per heavy atom. The molecule has 266 valence electrons. The van der Waals surface area contributed by atoms with E-state index < -0.39 is 10.8 Å². The first-order valence-corrected chi connectivity index (χ1v) is 21.0. The average molecular weight is 725 g/mol. The van der Waals surface area contributed by atoms with Crippen molar-refractivity contribution in [1.82, 2.24) is 9.97 Å². The quantitative estimate of drug-likeness (QED) is 0.151. The maximum atomic E-state index is 12.5. The molecule has 1 atom stereocenters. The Balaban J connectivity index is 0.000000159. The predicted molar refractivity (Wildman–Crippen MR) is 208 cm³/mol. The van der Waals surface area contributed by atoms with Gasteiger partial charge >= 0.3 is 0 Å². The Bertz CT molecular complexity index is 2190. The summed E-state index contributed by atoms with van der Waals surface area (Å²) >= 11 is 1.67. The highest BCUT2D eigenvalue weighted by molar-refractivity contribution is 7.98. The summed E-state index contributed by atoms with van der Waals surface area (Å²) in [6, 6.07) is 11.8. The minimum atomic E-state index is -0.981. The van der Waals surface area contributed by atoms with Gasteiger partial charge in [0.05, 0.1) is 11.4 Å². The van der Waals surface area contributed by atoms with Crippen LogP contribution in [0.25, 0.3) is 22.5 Å². The van der Waals surface area contributed by atoms with Crippen LogP contribution in [0.2, 0.25) is 0 Å². The normalized spacial score (nSPS) is 15.2. The lowest BCUT2D eigenvalue weighted by Gasteiger charge is -2.18. The second-order valence-electron chi connectivity index (χ2n) is 13.8. The third kappa shape index (κ3) is 7.15. The van der Waals surface area contributed by atoms with Crippen molar-refractivity contribution in [3.63, 3.8) is 0 Å². The van der Waals surface area contributed by atoms with Crippen LogP contribution in [-0.4, -0.2) is 50.0 Å². The van der Waals surface area contributed by atoms with Gasteiger partial charge in [0, 0.05) is 87.9 Å². The number of amides is 2. The maximum Gasteiger partial charge on any atom is 0.251 e. The van der Waals surface area contributed by atoms with Gasteiger partial charge in [-0.05, 0) is 103 Å². The van der Waals surface area contributed by atoms with Crippen LogP contribution < -0.4 is 21.8 Å². The van der Waals surface area contributed by atoms with Gasteiger partial charge in [-0.1, -0.05) is 24.3 Å². The van der Waals surface area contributed by atoms with Crippen LogP contribution in [0, 0.1) is 0 Å². The van der Waals surface area contributed by atoms with Crippen LogP contribution in [0.3, 0.4) is 0 Å². The minimum Gasteiger partial charge on any atom is -0.326 e. The lowest BCUT2D eigenvalue weighted by molar-refractivity contribution is -0.116. The number of carbonyl (C=O) groups is 2. The third-order valence-electron chi connectivity index (χ3n) is 10.6. The van der Waals surface area contributed by atoms with Gasteiger partial charge in [0.15, 0.2) is 0 Å². The van der Waals surface area contributed by atoms with Crippen LogP contribution in [0.1, 0.15) is 83.0 Å². The first kappa shape index (κ1) is 35.2. The Morgan fingerprint density at radius 1 is 0.667 bits per heavy atom. The van der Waals surface area contributed by atoms with Crippen molar-refractivity contribution in [2.75, 3.05) is 34.7 Å². The van der Waals surface area contributed by atoms with Crippen molar-refractivity contribution < 1.29 is 13.8 Å². The number of pyridine rings is 2. The Labute approximate surface area is 304 Å². The van der Waals surface area contributed by atoms with Crippen molar-refractivity contribution in [3.05, 3.63) is 102 Å². The number of aromatic amines is 2. The van der Waals surface area contributed by atoms with Gasteiger partial charge in [0.1, 0.15) is 0 Å². The highest BCUT2D eigenvalue weighted by atomic mass is 32.2. The Hall–Kier alpha value is -4.22. The molecule has 11 heteroatoms. The molecule has 2 amide bonds. The fraction of sp³-hybridized carbons (Fsp3) is 0.400. The zero-order valence-corrected chi connectivity index (χ0v) is 30.9. The van der Waals surface area contributed by atoms with E-state index in [0.717, 1.165) is 126 Å². The van der Waals surface area contributed by atoms with E-state index in [0.29, 0.717) is 12.2 Å². The molecule has 0 aliphatic heterocycles. The van der Waals surface area contributed by atoms with Gasteiger partial charge in [0.2, 0.25) is 11.8 Å². The van der Waals surface area contributed by atoms with E-state index in [4.69, 9.17) is 0 Å². The van der Waals surface area contributed by atoms with E-state index in [1.807, 2.05) is 42.7 Å². The lowest BCUT2D eigenvalue weighted by Crippen LogP contribution is -2.21. The monoisotopic (exact) mass is 724 g/mol. The first-order valence-electron chi connectivity index (χ1n) is 17.9. The van der Waals surface area contributed by atoms with Crippen LogP contribution in [0.4, 0.5) is 11.4 Å². The molecule has 8 rings (SSSR count). The molecule has 2 heterocycles. The van der Waals surface area contributed by atoms with E-state index in [1.165, 1.54) is 22.3 Å². The number of H-pyrrole nitrogens is 2. The second-order valence-corrected chi connectivity index (χ2v) is 16.4. The largest absolute Gasteiger partial charge is 0.326 e. The Kier molecular flexibility index (Phi) is 10.5. The molecule has 0 spiro atoms. The molecule has 1 unspecified atom stereocenters. The summed E-state index contributed by atoms with van der Waals surface area (Å²) in [5.74, 6) is 1.11. The highest BCUT2D eigenvalue weighted by Crippen LogP contribution is 2.43. The summed E-state index contributed by atoms with van der Waals surface area (Å²) in [5, 5.41) is 6.02. The van der Waals surface area contributed by atoms with Crippen molar-refractivity contribution in [2.24, 2.45) is 0 Å². The van der Waals surface area contributed by atoms with E-state index in [9.17, 15) is 23.4 Å². The summed E-state index contributed by atoms with van der Waals surface area (Å²) in [7, 11) is -0.981. The van der Waals surface area contributed by atoms with Crippen LogP contribution in [0.5, 0.6) is 0 Å². The molecule has 9 nitrogen and oxygen atoms in total. The van der Waals surface area contributed by atoms with Crippen LogP contribution >= 0.6 is 11.8 Å². The number of hydrogen-bond donors (Lipinski definition) is 4. The lowest BCUT2D eigenvalue weighted by atomic mass is 9.88. The summed E-state index contributed by atoms with van der Waals surface area (Å²) in [5.41, 5.74) is 14.7. The predicted octanol–water partition coefficient (Wildman–Crippen LogP) is 6.05. The number of benzene rings is 2. The maximum absolute atomic E-state index is 12.5. The molecule has 0 saturated heterocycles. The van der Waals surface area contributed by atoms with Crippen molar-refractivity contribution in [3.8, 4) is 22.5 Å². The first-order chi connectivity index (χ1) is 24.7. The summed E-state index contributed by atoms with van der Waals surface area (Å²) in [6.07, 6.45) is 14.0. The van der Waals surface area contributed by atoms with Crippen molar-refractivity contribution >= 4 is 45.8 Å². The summed E-state index contributed by atoms with van der Waals surface area (Å²) in [4.78, 5) is 55.5. The van der Waals surface area contributed by atoms with Gasteiger partial charge in [-0.2, -0.15) is 11.8 Å². The number of hydrogen-bond acceptors (Lipinski definition) is 6. The molecule has 0 saturated carbocycles. The minimum absolute atomic E-state index is 0.0335. The van der Waals surface area contributed by atoms with Gasteiger partial charge in [-0.15, -0.1) is 0 Å². The number of aromatic nitrogens is 2. The average Bonchev–Trinajstić information content (AvgIpc) is 3.70. The molecule has 0 fully saturated rings. The third-order valence-corrected chi connectivity index (χ3v) is 12.0. The van der Waals surface area contributed by atoms with E-state index in [1.54, 1.807) is 18.0 Å². The number of rotatable bonds is 8.